The SMILES string of the molecule is Cc1nc(-c2cccc(N)c2)sc1C#N. The van der Waals surface area contributed by atoms with Crippen LogP contribution in [0.5, 0.6) is 0 Å². The Bertz CT molecular complexity index is 537. The Morgan fingerprint density at radius 2 is 2.27 bits per heavy atom. The fourth-order valence-electron chi connectivity index (χ4n) is 1.30. The Morgan fingerprint density at radius 1 is 1.47 bits per heavy atom. The van der Waals surface area contributed by atoms with Crippen molar-refractivity contribution in [3.63, 3.8) is 0 Å². The van der Waals surface area contributed by atoms with E-state index in [1.165, 1.54) is 11.3 Å². The lowest BCUT2D eigenvalue weighted by atomic mass is 10.2. The van der Waals surface area contributed by atoms with E-state index in [2.05, 4.69) is 11.1 Å². The van der Waals surface area contributed by atoms with E-state index in [1.54, 1.807) is 0 Å². The van der Waals surface area contributed by atoms with Crippen LogP contribution >= 0.6 is 11.3 Å². The molecule has 15 heavy (non-hydrogen) atoms. The molecule has 2 rings (SSSR count). The van der Waals surface area contributed by atoms with Crippen LogP contribution in [0.4, 0.5) is 5.69 Å². The molecule has 1 aromatic heterocycles. The van der Waals surface area contributed by atoms with Crippen molar-refractivity contribution in [2.24, 2.45) is 0 Å². The minimum atomic E-state index is 0.660. The molecule has 3 nitrogen and oxygen atoms in total. The zero-order valence-corrected chi connectivity index (χ0v) is 9.01. The summed E-state index contributed by atoms with van der Waals surface area (Å²) in [6, 6.07) is 9.64. The first-order valence-corrected chi connectivity index (χ1v) is 5.26. The molecule has 0 aliphatic heterocycles. The van der Waals surface area contributed by atoms with E-state index in [0.29, 0.717) is 10.6 Å². The summed E-state index contributed by atoms with van der Waals surface area (Å²) in [5.41, 5.74) is 8.13. The van der Waals surface area contributed by atoms with Gasteiger partial charge in [-0.15, -0.1) is 11.3 Å². The molecular weight excluding hydrogens is 206 g/mol. The standard InChI is InChI=1S/C11H9N3S/c1-7-10(6-12)15-11(14-7)8-3-2-4-9(13)5-8/h2-5H,13H2,1H3. The largest absolute Gasteiger partial charge is 0.399 e. The molecule has 1 aromatic carbocycles. The van der Waals surface area contributed by atoms with E-state index < -0.39 is 0 Å². The van der Waals surface area contributed by atoms with Crippen molar-refractivity contribution in [1.82, 2.24) is 4.98 Å². The molecule has 0 bridgehead atoms. The van der Waals surface area contributed by atoms with Crippen molar-refractivity contribution in [1.29, 1.82) is 5.26 Å². The van der Waals surface area contributed by atoms with Gasteiger partial charge >= 0.3 is 0 Å². The van der Waals surface area contributed by atoms with Gasteiger partial charge in [-0.2, -0.15) is 5.26 Å². The van der Waals surface area contributed by atoms with Crippen molar-refractivity contribution in [3.8, 4) is 16.6 Å². The molecule has 4 heteroatoms. The first kappa shape index (κ1) is 9.69. The number of aromatic nitrogens is 1. The second-order valence-corrected chi connectivity index (χ2v) is 4.17. The number of hydrogen-bond acceptors (Lipinski definition) is 4. The maximum Gasteiger partial charge on any atom is 0.128 e. The molecule has 0 fully saturated rings. The van der Waals surface area contributed by atoms with Gasteiger partial charge in [-0.05, 0) is 19.1 Å². The maximum absolute atomic E-state index is 8.83. The first-order valence-electron chi connectivity index (χ1n) is 4.44. The molecule has 0 atom stereocenters. The summed E-state index contributed by atoms with van der Waals surface area (Å²) < 4.78 is 0. The fraction of sp³-hybridized carbons (Fsp3) is 0.0909. The number of aryl methyl sites for hydroxylation is 1. The summed E-state index contributed by atoms with van der Waals surface area (Å²) in [5.74, 6) is 0. The van der Waals surface area contributed by atoms with Crippen molar-refractivity contribution in [2.75, 3.05) is 5.73 Å². The third-order valence-corrected chi connectivity index (χ3v) is 3.14. The average molecular weight is 215 g/mol. The van der Waals surface area contributed by atoms with Crippen LogP contribution in [-0.4, -0.2) is 4.98 Å². The molecule has 1 heterocycles. The molecule has 0 saturated carbocycles. The van der Waals surface area contributed by atoms with Crippen LogP contribution in [0.25, 0.3) is 10.6 Å². The third kappa shape index (κ3) is 1.83. The summed E-state index contributed by atoms with van der Waals surface area (Å²) in [7, 11) is 0. The Hall–Kier alpha value is -1.86. The highest BCUT2D eigenvalue weighted by molar-refractivity contribution is 7.15. The molecule has 0 aliphatic carbocycles. The molecule has 0 radical (unpaired) electrons. The number of nitrogens with two attached hydrogens (primary N) is 1. The lowest BCUT2D eigenvalue weighted by Gasteiger charge is -1.96. The summed E-state index contributed by atoms with van der Waals surface area (Å²) >= 11 is 1.39. The summed E-state index contributed by atoms with van der Waals surface area (Å²) in [6.45, 7) is 1.84. The van der Waals surface area contributed by atoms with Crippen LogP contribution in [0, 0.1) is 18.3 Å². The zero-order valence-electron chi connectivity index (χ0n) is 8.19. The lowest BCUT2D eigenvalue weighted by molar-refractivity contribution is 1.25. The van der Waals surface area contributed by atoms with Crippen molar-refractivity contribution >= 4 is 17.0 Å². The maximum atomic E-state index is 8.83. The average Bonchev–Trinajstić information content (AvgIpc) is 2.60. The number of thiazole rings is 1. The molecule has 0 spiro atoms. The van der Waals surface area contributed by atoms with E-state index >= 15 is 0 Å². The quantitative estimate of drug-likeness (QED) is 0.743. The van der Waals surface area contributed by atoms with E-state index in [0.717, 1.165) is 16.3 Å². The van der Waals surface area contributed by atoms with Gasteiger partial charge in [-0.3, -0.25) is 0 Å². The Kier molecular flexibility index (Phi) is 2.40. The van der Waals surface area contributed by atoms with Crippen LogP contribution < -0.4 is 5.73 Å². The monoisotopic (exact) mass is 215 g/mol. The van der Waals surface area contributed by atoms with Gasteiger partial charge in [0.2, 0.25) is 0 Å². The van der Waals surface area contributed by atoms with Crippen LogP contribution in [0.3, 0.4) is 0 Å². The van der Waals surface area contributed by atoms with Crippen LogP contribution in [0.1, 0.15) is 10.6 Å². The first-order chi connectivity index (χ1) is 7.20. The van der Waals surface area contributed by atoms with E-state index in [-0.39, 0.29) is 0 Å². The van der Waals surface area contributed by atoms with Gasteiger partial charge in [-0.1, -0.05) is 12.1 Å². The highest BCUT2D eigenvalue weighted by atomic mass is 32.1. The molecule has 0 aliphatic rings. The number of hydrogen-bond donors (Lipinski definition) is 1. The Balaban J connectivity index is 2.51. The van der Waals surface area contributed by atoms with Crippen LogP contribution in [-0.2, 0) is 0 Å². The predicted octanol–water partition coefficient (Wildman–Crippen LogP) is 2.57. The molecule has 0 saturated heterocycles. The van der Waals surface area contributed by atoms with Gasteiger partial charge in [0.05, 0.1) is 5.69 Å². The lowest BCUT2D eigenvalue weighted by Crippen LogP contribution is -1.84. The number of nitriles is 1. The van der Waals surface area contributed by atoms with Crippen molar-refractivity contribution in [3.05, 3.63) is 34.8 Å². The summed E-state index contributed by atoms with van der Waals surface area (Å²) in [4.78, 5) is 4.99. The van der Waals surface area contributed by atoms with E-state index in [4.69, 9.17) is 11.0 Å². The number of anilines is 1. The van der Waals surface area contributed by atoms with E-state index in [9.17, 15) is 0 Å². The topological polar surface area (TPSA) is 62.7 Å². The van der Waals surface area contributed by atoms with Gasteiger partial charge in [-0.25, -0.2) is 4.98 Å². The molecule has 0 unspecified atom stereocenters. The van der Waals surface area contributed by atoms with Gasteiger partial charge < -0.3 is 5.73 Å². The number of nitrogens with zero attached hydrogens (tertiary/aromatic N) is 2. The zero-order chi connectivity index (χ0) is 10.8. The third-order valence-electron chi connectivity index (χ3n) is 2.03. The van der Waals surface area contributed by atoms with Gasteiger partial charge in [0, 0.05) is 11.3 Å². The number of nitrogen functional groups attached to an aromatic ring is 1. The van der Waals surface area contributed by atoms with Crippen molar-refractivity contribution in [2.45, 2.75) is 6.92 Å². The Morgan fingerprint density at radius 3 is 2.87 bits per heavy atom. The van der Waals surface area contributed by atoms with Crippen LogP contribution in [0.15, 0.2) is 24.3 Å². The van der Waals surface area contributed by atoms with Gasteiger partial charge in [0.1, 0.15) is 16.0 Å². The summed E-state index contributed by atoms with van der Waals surface area (Å²) in [5, 5.41) is 9.67. The van der Waals surface area contributed by atoms with Crippen LogP contribution in [0.2, 0.25) is 0 Å². The number of benzene rings is 1. The van der Waals surface area contributed by atoms with Crippen molar-refractivity contribution < 1.29 is 0 Å². The van der Waals surface area contributed by atoms with Gasteiger partial charge in [0.15, 0.2) is 0 Å². The minimum Gasteiger partial charge on any atom is -0.399 e. The highest BCUT2D eigenvalue weighted by Crippen LogP contribution is 2.28. The molecule has 2 N–H and O–H groups in total. The second-order valence-electron chi connectivity index (χ2n) is 3.17. The van der Waals surface area contributed by atoms with E-state index in [1.807, 2.05) is 31.2 Å². The molecule has 2 aromatic rings. The molecule has 0 amide bonds. The second kappa shape index (κ2) is 3.71. The summed E-state index contributed by atoms with van der Waals surface area (Å²) in [6.07, 6.45) is 0. The van der Waals surface area contributed by atoms with Gasteiger partial charge in [0.25, 0.3) is 0 Å². The molecular formula is C11H9N3S. The minimum absolute atomic E-state index is 0.660. The number of rotatable bonds is 1. The normalized spacial score (nSPS) is 9.87. The fourth-order valence-corrected chi connectivity index (χ4v) is 2.16. The predicted molar refractivity (Wildman–Crippen MR) is 61.4 cm³/mol. The molecule has 74 valence electrons. The highest BCUT2D eigenvalue weighted by Gasteiger charge is 2.08. The smallest absolute Gasteiger partial charge is 0.128 e. The Labute approximate surface area is 91.8 Å².